The van der Waals surface area contributed by atoms with Crippen molar-refractivity contribution in [2.45, 2.75) is 29.7 Å². The van der Waals surface area contributed by atoms with Crippen molar-refractivity contribution in [3.8, 4) is 5.75 Å². The molecule has 0 aliphatic carbocycles. The predicted octanol–water partition coefficient (Wildman–Crippen LogP) is 5.42. The molecule has 3 amide bonds. The average Bonchev–Trinajstić information content (AvgIpc) is 3.41. The van der Waals surface area contributed by atoms with Gasteiger partial charge < -0.3 is 10.1 Å². The third-order valence-corrected chi connectivity index (χ3v) is 10.5. The van der Waals surface area contributed by atoms with Gasteiger partial charge in [-0.2, -0.15) is 0 Å². The van der Waals surface area contributed by atoms with E-state index in [1.807, 2.05) is 37.3 Å². The van der Waals surface area contributed by atoms with Crippen molar-refractivity contribution in [1.82, 2.24) is 4.57 Å². The van der Waals surface area contributed by atoms with E-state index in [4.69, 9.17) is 4.74 Å². The molecule has 3 aromatic carbocycles. The lowest BCUT2D eigenvalue weighted by Crippen LogP contribution is -2.33. The first kappa shape index (κ1) is 27.5. The zero-order valence-corrected chi connectivity index (χ0v) is 25.2. The molecule has 3 atom stereocenters. The van der Waals surface area contributed by atoms with Crippen molar-refractivity contribution in [3.05, 3.63) is 103 Å². The third-order valence-electron chi connectivity index (χ3n) is 7.33. The van der Waals surface area contributed by atoms with Crippen LogP contribution >= 0.6 is 39.0 Å². The molecule has 6 rings (SSSR count). The molecule has 1 saturated heterocycles. The number of halogens is 1. The highest BCUT2D eigenvalue weighted by atomic mass is 79.9. The van der Waals surface area contributed by atoms with E-state index in [9.17, 15) is 19.2 Å². The molecule has 2 aliphatic rings. The number of carbonyl (C=O) groups excluding carboxylic acids is 3. The Morgan fingerprint density at radius 3 is 2.37 bits per heavy atom. The minimum atomic E-state index is -0.759. The molecule has 0 bridgehead atoms. The maximum atomic E-state index is 14.0. The van der Waals surface area contributed by atoms with E-state index in [-0.39, 0.29) is 29.1 Å². The highest BCUT2D eigenvalue weighted by Crippen LogP contribution is 2.54. The lowest BCUT2D eigenvalue weighted by Gasteiger charge is -2.30. The third kappa shape index (κ3) is 4.92. The zero-order chi connectivity index (χ0) is 28.8. The number of para-hydroxylation sites is 1. The molecule has 0 radical (unpaired) electrons. The van der Waals surface area contributed by atoms with Gasteiger partial charge in [-0.1, -0.05) is 69.4 Å². The van der Waals surface area contributed by atoms with Crippen molar-refractivity contribution in [3.63, 3.8) is 0 Å². The van der Waals surface area contributed by atoms with E-state index in [0.29, 0.717) is 27.0 Å². The van der Waals surface area contributed by atoms with E-state index in [0.717, 1.165) is 26.9 Å². The summed E-state index contributed by atoms with van der Waals surface area (Å²) >= 11 is 5.62. The molecule has 1 aromatic heterocycles. The van der Waals surface area contributed by atoms with Gasteiger partial charge in [0, 0.05) is 21.0 Å². The number of nitrogens with zero attached hydrogens (tertiary/aromatic N) is 2. The van der Waals surface area contributed by atoms with Crippen LogP contribution in [0.4, 0.5) is 11.4 Å². The molecule has 3 heterocycles. The van der Waals surface area contributed by atoms with Crippen LogP contribution < -0.4 is 19.8 Å². The number of carbonyl (C=O) groups is 3. The lowest BCUT2D eigenvalue weighted by molar-refractivity contribution is -0.122. The number of methoxy groups -OCH3 is 1. The number of aryl methyl sites for hydroxylation is 1. The highest BCUT2D eigenvalue weighted by molar-refractivity contribution is 9.10. The summed E-state index contributed by atoms with van der Waals surface area (Å²) in [6.45, 7) is 1.68. The van der Waals surface area contributed by atoms with Crippen molar-refractivity contribution >= 4 is 68.1 Å². The van der Waals surface area contributed by atoms with Crippen LogP contribution in [0, 0.1) is 12.8 Å². The topological polar surface area (TPSA) is 97.7 Å². The first-order valence-electron chi connectivity index (χ1n) is 12.8. The van der Waals surface area contributed by atoms with Gasteiger partial charge in [-0.15, -0.1) is 0 Å². The number of nitrogens with one attached hydrogen (secondary N) is 1. The second kappa shape index (κ2) is 11.0. The summed E-state index contributed by atoms with van der Waals surface area (Å²) in [7, 11) is 1.57. The Morgan fingerprint density at radius 2 is 1.68 bits per heavy atom. The summed E-state index contributed by atoms with van der Waals surface area (Å²) in [4.78, 5) is 55.8. The Balaban J connectivity index is 1.41. The standard InChI is InChI=1S/C30H24BrN3O5S2/c1-16-5-3-4-6-21(16)32-22(35)15-33-29-26(41-30(33)38)23(17-7-13-20(39-2)14-8-17)24-25(40-29)28(37)34(27(24)36)19-11-9-18(31)10-12-19/h3-14,23-25H,15H2,1-2H3,(H,32,35)/t23-,24?,25?/m1/s1. The van der Waals surface area contributed by atoms with Crippen molar-refractivity contribution in [2.24, 2.45) is 5.92 Å². The van der Waals surface area contributed by atoms with Gasteiger partial charge in [0.15, 0.2) is 0 Å². The molecular weight excluding hydrogens is 626 g/mol. The number of thiazole rings is 1. The predicted molar refractivity (Wildman–Crippen MR) is 163 cm³/mol. The van der Waals surface area contributed by atoms with Crippen LogP contribution in [0.3, 0.4) is 0 Å². The lowest BCUT2D eigenvalue weighted by atomic mass is 9.83. The SMILES string of the molecule is COc1ccc([C@H]2c3sc(=O)n(CC(=O)Nc4ccccc4C)c3SC3C(=O)N(c4ccc(Br)cc4)C(=O)C32)cc1. The molecule has 1 N–H and O–H groups in total. The van der Waals surface area contributed by atoms with Crippen molar-refractivity contribution in [1.29, 1.82) is 0 Å². The van der Waals surface area contributed by atoms with Gasteiger partial charge in [-0.25, -0.2) is 4.90 Å². The molecule has 0 saturated carbocycles. The molecule has 11 heteroatoms. The number of imide groups is 1. The van der Waals surface area contributed by atoms with Gasteiger partial charge in [0.1, 0.15) is 17.5 Å². The number of anilines is 2. The Bertz CT molecular complexity index is 1730. The first-order valence-corrected chi connectivity index (χ1v) is 15.3. The normalized spacial score (nSPS) is 19.6. The van der Waals surface area contributed by atoms with Gasteiger partial charge >= 0.3 is 4.87 Å². The molecule has 8 nitrogen and oxygen atoms in total. The van der Waals surface area contributed by atoms with Crippen LogP contribution in [0.25, 0.3) is 0 Å². The largest absolute Gasteiger partial charge is 0.497 e. The number of rotatable bonds is 6. The maximum Gasteiger partial charge on any atom is 0.308 e. The first-order chi connectivity index (χ1) is 19.8. The smallest absolute Gasteiger partial charge is 0.308 e. The molecule has 0 spiro atoms. The number of ether oxygens (including phenoxy) is 1. The number of aromatic nitrogens is 1. The quantitative estimate of drug-likeness (QED) is 0.280. The summed E-state index contributed by atoms with van der Waals surface area (Å²) in [6.07, 6.45) is 0. The highest BCUT2D eigenvalue weighted by Gasteiger charge is 2.56. The van der Waals surface area contributed by atoms with E-state index >= 15 is 0 Å². The summed E-state index contributed by atoms with van der Waals surface area (Å²) in [6, 6.07) is 21.8. The zero-order valence-electron chi connectivity index (χ0n) is 22.0. The van der Waals surface area contributed by atoms with Crippen LogP contribution in [0.1, 0.15) is 21.9 Å². The molecule has 2 aliphatic heterocycles. The monoisotopic (exact) mass is 649 g/mol. The van der Waals surface area contributed by atoms with Gasteiger partial charge in [-0.05, 0) is 60.5 Å². The number of hydrogen-bond acceptors (Lipinski definition) is 7. The van der Waals surface area contributed by atoms with Gasteiger partial charge in [0.25, 0.3) is 0 Å². The second-order valence-electron chi connectivity index (χ2n) is 9.79. The number of amides is 3. The minimum absolute atomic E-state index is 0.211. The summed E-state index contributed by atoms with van der Waals surface area (Å²) in [5.41, 5.74) is 2.85. The van der Waals surface area contributed by atoms with Crippen LogP contribution in [0.2, 0.25) is 0 Å². The molecule has 2 unspecified atom stereocenters. The Morgan fingerprint density at radius 1 is 0.976 bits per heavy atom. The minimum Gasteiger partial charge on any atom is -0.497 e. The summed E-state index contributed by atoms with van der Waals surface area (Å²) in [5.74, 6) is -1.62. The molecule has 208 valence electrons. The fraction of sp³-hybridized carbons (Fsp3) is 0.200. The van der Waals surface area contributed by atoms with Crippen LogP contribution in [-0.2, 0) is 20.9 Å². The number of thioether (sulfide) groups is 1. The fourth-order valence-corrected chi connectivity index (χ4v) is 8.35. The summed E-state index contributed by atoms with van der Waals surface area (Å²) in [5, 5.41) is 2.67. The van der Waals surface area contributed by atoms with E-state index < -0.39 is 17.1 Å². The molecule has 1 fully saturated rings. The fourth-order valence-electron chi connectivity index (χ4n) is 5.32. The number of hydrogen-bond donors (Lipinski definition) is 1. The molecule has 41 heavy (non-hydrogen) atoms. The van der Waals surface area contributed by atoms with Crippen molar-refractivity contribution < 1.29 is 19.1 Å². The summed E-state index contributed by atoms with van der Waals surface area (Å²) < 4.78 is 7.58. The van der Waals surface area contributed by atoms with E-state index in [1.54, 1.807) is 49.6 Å². The number of benzene rings is 3. The molecule has 4 aromatic rings. The second-order valence-corrected chi connectivity index (χ2v) is 12.8. The van der Waals surface area contributed by atoms with Gasteiger partial charge in [0.2, 0.25) is 17.7 Å². The van der Waals surface area contributed by atoms with Crippen LogP contribution in [-0.4, -0.2) is 34.6 Å². The Kier molecular flexibility index (Phi) is 7.35. The Hall–Kier alpha value is -3.67. The van der Waals surface area contributed by atoms with Crippen LogP contribution in [0.5, 0.6) is 5.75 Å². The van der Waals surface area contributed by atoms with Crippen LogP contribution in [0.15, 0.2) is 87.1 Å². The molecular formula is C30H24BrN3O5S2. The van der Waals surface area contributed by atoms with E-state index in [1.165, 1.54) is 21.2 Å². The number of fused-ring (bicyclic) bond motifs is 2. The maximum absolute atomic E-state index is 14.0. The van der Waals surface area contributed by atoms with E-state index in [2.05, 4.69) is 21.2 Å². The Labute approximate surface area is 252 Å². The average molecular weight is 651 g/mol. The van der Waals surface area contributed by atoms with Gasteiger partial charge in [0.05, 0.1) is 23.7 Å². The van der Waals surface area contributed by atoms with Crippen molar-refractivity contribution in [2.75, 3.05) is 17.3 Å². The van der Waals surface area contributed by atoms with Gasteiger partial charge in [-0.3, -0.25) is 23.7 Å².